The quantitative estimate of drug-likeness (QED) is 0.141. The van der Waals surface area contributed by atoms with Gasteiger partial charge in [0.05, 0.1) is 23.7 Å². The van der Waals surface area contributed by atoms with Crippen LogP contribution >= 0.6 is 0 Å². The van der Waals surface area contributed by atoms with Crippen LogP contribution < -0.4 is 5.43 Å². The Morgan fingerprint density at radius 1 is 1.11 bits per heavy atom. The number of fused-ring (bicyclic) bond motifs is 4. The van der Waals surface area contributed by atoms with Crippen LogP contribution in [0.25, 0.3) is 0 Å². The molecule has 9 heteroatoms. The predicted molar refractivity (Wildman–Crippen MR) is 199 cm³/mol. The van der Waals surface area contributed by atoms with E-state index < -0.39 is 51.2 Å². The minimum absolute atomic E-state index is 0.150. The normalized spacial score (nSPS) is 43.8. The molecule has 0 amide bonds. The number of carbonyl (C=O) groups excluding carboxylic acids is 2. The number of benzene rings is 1. The van der Waals surface area contributed by atoms with Crippen LogP contribution in [-0.2, 0) is 30.2 Å². The van der Waals surface area contributed by atoms with Gasteiger partial charge >= 0.3 is 11.9 Å². The Bertz CT molecular complexity index is 1730. The van der Waals surface area contributed by atoms with E-state index in [0.29, 0.717) is 44.6 Å². The first-order chi connectivity index (χ1) is 25.3. The van der Waals surface area contributed by atoms with E-state index in [1.54, 1.807) is 6.08 Å². The zero-order valence-electron chi connectivity index (χ0n) is 32.0. The number of nitrogens with zero attached hydrogens (tertiary/aromatic N) is 1. The third kappa shape index (κ3) is 5.48. The highest BCUT2D eigenvalue weighted by Gasteiger charge is 2.87. The second kappa shape index (κ2) is 13.3. The number of cyclic esters (lactones) is 1. The molecule has 3 saturated carbocycles. The van der Waals surface area contributed by atoms with Crippen LogP contribution in [0.1, 0.15) is 110 Å². The summed E-state index contributed by atoms with van der Waals surface area (Å²) in [6.45, 7) is 8.82. The van der Waals surface area contributed by atoms with Crippen molar-refractivity contribution in [3.05, 3.63) is 59.7 Å². The summed E-state index contributed by atoms with van der Waals surface area (Å²) < 4.78 is 19.3. The molecule has 1 aromatic rings. The minimum atomic E-state index is -1.54. The monoisotopic (exact) mass is 726 g/mol. The number of aliphatic hydroxyl groups is 2. The molecule has 12 atom stereocenters. The van der Waals surface area contributed by atoms with E-state index in [9.17, 15) is 19.8 Å². The lowest BCUT2D eigenvalue weighted by Crippen LogP contribution is -2.87. The first-order valence-electron chi connectivity index (χ1n) is 20.2. The maximum absolute atomic E-state index is 13.9. The van der Waals surface area contributed by atoms with Gasteiger partial charge in [-0.05, 0) is 98.5 Å². The van der Waals surface area contributed by atoms with Crippen LogP contribution in [0.4, 0.5) is 0 Å². The van der Waals surface area contributed by atoms with Gasteiger partial charge in [0.2, 0.25) is 0 Å². The number of nitrogens with one attached hydrogen (secondary N) is 1. The first kappa shape index (κ1) is 36.8. The highest BCUT2D eigenvalue weighted by Crippen LogP contribution is 2.79. The van der Waals surface area contributed by atoms with Crippen molar-refractivity contribution in [2.75, 3.05) is 13.2 Å². The van der Waals surface area contributed by atoms with Crippen LogP contribution in [0.15, 0.2) is 54.1 Å². The van der Waals surface area contributed by atoms with Gasteiger partial charge in [-0.1, -0.05) is 76.1 Å². The Morgan fingerprint density at radius 3 is 2.68 bits per heavy atom. The van der Waals surface area contributed by atoms with Gasteiger partial charge in [-0.15, -0.1) is 0 Å². The number of hydrazine groups is 1. The third-order valence-corrected chi connectivity index (χ3v) is 15.2. The molecule has 4 aliphatic carbocycles. The second-order valence-corrected chi connectivity index (χ2v) is 18.2. The lowest BCUT2D eigenvalue weighted by Gasteiger charge is -2.77. The van der Waals surface area contributed by atoms with Gasteiger partial charge in [-0.25, -0.2) is 15.2 Å². The van der Waals surface area contributed by atoms with Gasteiger partial charge < -0.3 is 24.4 Å². The minimum Gasteiger partial charge on any atom is -0.458 e. The molecule has 6 bridgehead atoms. The maximum atomic E-state index is 13.9. The first-order valence-corrected chi connectivity index (χ1v) is 20.2. The summed E-state index contributed by atoms with van der Waals surface area (Å²) in [5.74, 6) is 2.59. The van der Waals surface area contributed by atoms with Crippen molar-refractivity contribution in [3.8, 4) is 12.0 Å². The Kier molecular flexibility index (Phi) is 9.20. The highest BCUT2D eigenvalue weighted by atomic mass is 16.6. The molecule has 8 aliphatic rings. The molecular formula is C44H58N2O7. The SMILES string of the molecule is CC(=O)O[C@@]12C[C@@]3(C)C=C[C@](O)(CC[C@H](C)CCCc4ccccc4)[C@]45C1[C@@](C)(CC[C@H]4O)[C@H]1CCC[C@@H]1N(CC#CO[C@@]53CCC1=CC(=O)OC1)N2. The fourth-order valence-corrected chi connectivity index (χ4v) is 13.3. The molecule has 3 N–H and O–H groups in total. The van der Waals surface area contributed by atoms with Gasteiger partial charge in [-0.2, -0.15) is 0 Å². The molecule has 0 radical (unpaired) electrons. The van der Waals surface area contributed by atoms with Crippen LogP contribution in [0, 0.1) is 46.0 Å². The summed E-state index contributed by atoms with van der Waals surface area (Å²) in [6, 6.07) is 10.7. The highest BCUT2D eigenvalue weighted by molar-refractivity contribution is 5.85. The van der Waals surface area contributed by atoms with Crippen LogP contribution in [0.3, 0.4) is 0 Å². The molecule has 2 unspecified atom stereocenters. The average molecular weight is 727 g/mol. The summed E-state index contributed by atoms with van der Waals surface area (Å²) >= 11 is 0. The number of carbonyl (C=O) groups is 2. The Balaban J connectivity index is 1.30. The molecule has 4 aliphatic heterocycles. The van der Waals surface area contributed by atoms with Crippen molar-refractivity contribution in [3.63, 3.8) is 0 Å². The maximum Gasteiger partial charge on any atom is 0.331 e. The zero-order chi connectivity index (χ0) is 37.3. The number of aliphatic hydroxyl groups excluding tert-OH is 1. The van der Waals surface area contributed by atoms with Gasteiger partial charge in [0.25, 0.3) is 0 Å². The number of aryl methyl sites for hydroxylation is 1. The van der Waals surface area contributed by atoms with Crippen LogP contribution in [0.2, 0.25) is 0 Å². The molecule has 1 saturated heterocycles. The van der Waals surface area contributed by atoms with Crippen molar-refractivity contribution in [2.45, 2.75) is 140 Å². The van der Waals surface area contributed by atoms with E-state index in [1.165, 1.54) is 12.5 Å². The molecule has 9 nitrogen and oxygen atoms in total. The van der Waals surface area contributed by atoms with E-state index in [1.807, 2.05) is 12.1 Å². The number of esters is 2. The molecule has 4 fully saturated rings. The molecule has 1 aromatic carbocycles. The number of ether oxygens (including phenoxy) is 3. The van der Waals surface area contributed by atoms with Crippen LogP contribution in [-0.4, -0.2) is 69.4 Å². The Morgan fingerprint density at radius 2 is 1.92 bits per heavy atom. The van der Waals surface area contributed by atoms with Gasteiger partial charge in [-0.3, -0.25) is 4.79 Å². The molecule has 4 heterocycles. The number of rotatable bonds is 11. The van der Waals surface area contributed by atoms with E-state index >= 15 is 0 Å². The van der Waals surface area contributed by atoms with Gasteiger partial charge in [0.1, 0.15) is 18.3 Å². The lowest BCUT2D eigenvalue weighted by molar-refractivity contribution is -0.383. The van der Waals surface area contributed by atoms with E-state index in [4.69, 9.17) is 14.2 Å². The number of hydrogen-bond acceptors (Lipinski definition) is 9. The standard InChI is InChI=1S/C44H58N2O7/c1-30(11-8-14-32-12-6-5-7-13-32)17-21-41(50)24-23-39(3)29-42(53-31(2)47)38-40(4)20-19-36(48)44(38,41)43(39,22-18-33-27-37(49)51-28-33)52-26-10-25-46(45-42)35-16-9-15-34(35)40/h5-7,12-13,23-24,27,30,34-36,38,45,48,50H,8-9,11,14-22,25,28-29H2,1-4H3/t30-,34+,35+,36-,38?,39-,40+,41-,42+,43-,44-/m1/s1. The summed E-state index contributed by atoms with van der Waals surface area (Å²) in [5, 5.41) is 29.2. The van der Waals surface area contributed by atoms with Crippen molar-refractivity contribution in [1.82, 2.24) is 10.4 Å². The van der Waals surface area contributed by atoms with Crippen molar-refractivity contribution in [1.29, 1.82) is 0 Å². The molecule has 286 valence electrons. The van der Waals surface area contributed by atoms with Gasteiger partial charge in [0.15, 0.2) is 5.72 Å². The molecule has 0 aromatic heterocycles. The summed E-state index contributed by atoms with van der Waals surface area (Å²) in [7, 11) is 0. The lowest BCUT2D eigenvalue weighted by atomic mass is 9.30. The molecular weight excluding hydrogens is 668 g/mol. The summed E-state index contributed by atoms with van der Waals surface area (Å²) in [6.07, 6.45) is 17.6. The Hall–Kier alpha value is -3.16. The summed E-state index contributed by atoms with van der Waals surface area (Å²) in [4.78, 5) is 25.7. The fourth-order valence-electron chi connectivity index (χ4n) is 13.3. The molecule has 9 rings (SSSR count). The van der Waals surface area contributed by atoms with E-state index in [2.05, 4.69) is 73.6 Å². The zero-order valence-corrected chi connectivity index (χ0v) is 32.0. The third-order valence-electron chi connectivity index (χ3n) is 15.2. The second-order valence-electron chi connectivity index (χ2n) is 18.2. The van der Waals surface area contributed by atoms with Crippen LogP contribution in [0.5, 0.6) is 0 Å². The average Bonchev–Trinajstić information content (AvgIpc) is 3.77. The molecule has 1 spiro atoms. The molecule has 53 heavy (non-hydrogen) atoms. The van der Waals surface area contributed by atoms with Crippen molar-refractivity contribution in [2.24, 2.45) is 34.0 Å². The van der Waals surface area contributed by atoms with Crippen molar-refractivity contribution < 1.29 is 34.0 Å². The van der Waals surface area contributed by atoms with Gasteiger partial charge in [0, 0.05) is 36.8 Å². The topological polar surface area (TPSA) is 118 Å². The fraction of sp³-hybridized carbons (Fsp3) is 0.682. The predicted octanol–water partition coefficient (Wildman–Crippen LogP) is 6.14. The van der Waals surface area contributed by atoms with Crippen molar-refractivity contribution >= 4 is 11.9 Å². The smallest absolute Gasteiger partial charge is 0.331 e. The Labute approximate surface area is 314 Å². The number of hydrogen-bond donors (Lipinski definition) is 3. The van der Waals surface area contributed by atoms with E-state index in [0.717, 1.165) is 56.9 Å². The largest absolute Gasteiger partial charge is 0.458 e. The summed E-state index contributed by atoms with van der Waals surface area (Å²) in [5.41, 5.74) is -0.569. The van der Waals surface area contributed by atoms with E-state index in [-0.39, 0.29) is 24.5 Å².